The van der Waals surface area contributed by atoms with Crippen LogP contribution < -0.4 is 9.86 Å². The molecule has 1 aromatic carbocycles. The summed E-state index contributed by atoms with van der Waals surface area (Å²) in [6.07, 6.45) is 1.74. The molecule has 1 aliphatic rings. The van der Waals surface area contributed by atoms with Gasteiger partial charge in [-0.25, -0.2) is 9.11 Å². The maximum atomic E-state index is 13.4. The van der Waals surface area contributed by atoms with Crippen molar-refractivity contribution >= 4 is 12.1 Å². The van der Waals surface area contributed by atoms with Crippen LogP contribution in [0.5, 0.6) is 0 Å². The molecule has 1 aliphatic carbocycles. The fraction of sp³-hybridized carbons (Fsp3) is 0.400. The summed E-state index contributed by atoms with van der Waals surface area (Å²) in [5.41, 5.74) is 3.10. The van der Waals surface area contributed by atoms with Crippen LogP contribution in [0.1, 0.15) is 29.2 Å². The zero-order valence-corrected chi connectivity index (χ0v) is 8.83. The lowest BCUT2D eigenvalue weighted by Gasteiger charge is -2.13. The zero-order valence-electron chi connectivity index (χ0n) is 8.01. The van der Waals surface area contributed by atoms with Crippen molar-refractivity contribution in [3.8, 4) is 0 Å². The lowest BCUT2D eigenvalue weighted by molar-refractivity contribution is 0.612. The number of hydrogen-bond acceptors (Lipinski definition) is 3. The molecule has 2 nitrogen and oxygen atoms in total. The molecule has 0 bridgehead atoms. The quantitative estimate of drug-likeness (QED) is 0.738. The van der Waals surface area contributed by atoms with Gasteiger partial charge in [0, 0.05) is 18.2 Å². The van der Waals surface area contributed by atoms with Crippen molar-refractivity contribution in [3.63, 3.8) is 0 Å². The number of benzene rings is 1. The van der Waals surface area contributed by atoms with Crippen LogP contribution in [-0.4, -0.2) is 0 Å². The van der Waals surface area contributed by atoms with E-state index in [1.54, 1.807) is 6.07 Å². The van der Waals surface area contributed by atoms with Crippen LogP contribution in [0.4, 0.5) is 4.39 Å². The van der Waals surface area contributed by atoms with Crippen molar-refractivity contribution in [2.45, 2.75) is 25.8 Å². The van der Waals surface area contributed by atoms with Gasteiger partial charge in [0.25, 0.3) is 0 Å². The van der Waals surface area contributed by atoms with Crippen LogP contribution in [-0.2, 0) is 6.42 Å². The first-order valence-corrected chi connectivity index (χ1v) is 5.51. The Kier molecular flexibility index (Phi) is 2.76. The second-order valence-electron chi connectivity index (χ2n) is 3.58. The number of nitrogens with two attached hydrogens (primary N) is 1. The van der Waals surface area contributed by atoms with Gasteiger partial charge in [0.2, 0.25) is 0 Å². The summed E-state index contributed by atoms with van der Waals surface area (Å²) < 4.78 is 16.5. The largest absolute Gasteiger partial charge is 0.264 e. The highest BCUT2D eigenvalue weighted by molar-refractivity contribution is 7.95. The molecule has 0 fully saturated rings. The zero-order chi connectivity index (χ0) is 10.1. The maximum Gasteiger partial charge on any atom is 0.126 e. The van der Waals surface area contributed by atoms with Crippen LogP contribution in [0, 0.1) is 12.7 Å². The maximum absolute atomic E-state index is 13.4. The molecule has 1 atom stereocenters. The van der Waals surface area contributed by atoms with E-state index in [9.17, 15) is 4.39 Å². The Bertz CT molecular complexity index is 354. The monoisotopic (exact) mass is 212 g/mol. The number of halogens is 1. The summed E-state index contributed by atoms with van der Waals surface area (Å²) in [7, 11) is 0. The Balaban J connectivity index is 2.42. The third-order valence-electron chi connectivity index (χ3n) is 2.76. The van der Waals surface area contributed by atoms with Crippen LogP contribution in [0.15, 0.2) is 12.1 Å². The summed E-state index contributed by atoms with van der Waals surface area (Å²) >= 11 is 1.10. The van der Waals surface area contributed by atoms with Crippen molar-refractivity contribution in [1.29, 1.82) is 0 Å². The van der Waals surface area contributed by atoms with Gasteiger partial charge in [0.1, 0.15) is 5.82 Å². The molecule has 0 radical (unpaired) electrons. The van der Waals surface area contributed by atoms with E-state index in [0.717, 1.165) is 41.7 Å². The van der Waals surface area contributed by atoms with E-state index in [0.29, 0.717) is 0 Å². The van der Waals surface area contributed by atoms with Crippen LogP contribution in [0.3, 0.4) is 0 Å². The minimum absolute atomic E-state index is 0.0862. The molecule has 2 rings (SSSR count). The van der Waals surface area contributed by atoms with Crippen molar-refractivity contribution in [1.82, 2.24) is 4.72 Å². The molecule has 0 heterocycles. The fourth-order valence-electron chi connectivity index (χ4n) is 2.13. The molecule has 0 aromatic heterocycles. The lowest BCUT2D eigenvalue weighted by atomic mass is 10.0. The van der Waals surface area contributed by atoms with Gasteiger partial charge in [-0.05, 0) is 42.5 Å². The Morgan fingerprint density at radius 3 is 3.07 bits per heavy atom. The molecule has 0 saturated carbocycles. The fourth-order valence-corrected chi connectivity index (χ4v) is 2.53. The number of aryl methyl sites for hydroxylation is 1. The van der Waals surface area contributed by atoms with E-state index >= 15 is 0 Å². The van der Waals surface area contributed by atoms with Crippen molar-refractivity contribution in [3.05, 3.63) is 34.6 Å². The summed E-state index contributed by atoms with van der Waals surface area (Å²) in [5, 5.41) is 5.37. The van der Waals surface area contributed by atoms with Gasteiger partial charge in [0.05, 0.1) is 0 Å². The third-order valence-corrected chi connectivity index (χ3v) is 3.18. The van der Waals surface area contributed by atoms with Gasteiger partial charge < -0.3 is 0 Å². The molecule has 1 aromatic rings. The topological polar surface area (TPSA) is 38.0 Å². The second-order valence-corrected chi connectivity index (χ2v) is 4.05. The standard InChI is InChI=1S/C10H13FN2S/c1-6-2-4-8(11)7-3-5-9(10(6)7)13-14-12/h2,4,9,13H,3,5,12H2,1H3. The molecule has 0 saturated heterocycles. The summed E-state index contributed by atoms with van der Waals surface area (Å²) in [6.45, 7) is 2.01. The predicted molar refractivity (Wildman–Crippen MR) is 57.1 cm³/mol. The number of nitrogens with one attached hydrogen (secondary N) is 1. The molecule has 14 heavy (non-hydrogen) atoms. The number of hydrogen-bond donors (Lipinski definition) is 2. The van der Waals surface area contributed by atoms with Gasteiger partial charge in [-0.15, -0.1) is 0 Å². The number of rotatable bonds is 2. The SMILES string of the molecule is Cc1ccc(F)c2c1C(NSN)CC2. The van der Waals surface area contributed by atoms with E-state index in [-0.39, 0.29) is 11.9 Å². The predicted octanol–water partition coefficient (Wildman–Crippen LogP) is 2.23. The van der Waals surface area contributed by atoms with Gasteiger partial charge in [0.15, 0.2) is 0 Å². The van der Waals surface area contributed by atoms with Crippen molar-refractivity contribution < 1.29 is 4.39 Å². The van der Waals surface area contributed by atoms with Gasteiger partial charge >= 0.3 is 0 Å². The average Bonchev–Trinajstić information content (AvgIpc) is 2.58. The first-order valence-electron chi connectivity index (χ1n) is 4.63. The molecule has 76 valence electrons. The van der Waals surface area contributed by atoms with Gasteiger partial charge in [-0.3, -0.25) is 5.14 Å². The van der Waals surface area contributed by atoms with E-state index < -0.39 is 0 Å². The highest BCUT2D eigenvalue weighted by Gasteiger charge is 2.26. The first-order chi connectivity index (χ1) is 6.74. The highest BCUT2D eigenvalue weighted by atomic mass is 32.2. The van der Waals surface area contributed by atoms with Crippen LogP contribution in [0.2, 0.25) is 0 Å². The van der Waals surface area contributed by atoms with E-state index in [4.69, 9.17) is 5.14 Å². The molecular formula is C10H13FN2S. The molecular weight excluding hydrogens is 199 g/mol. The minimum atomic E-state index is -0.0862. The van der Waals surface area contributed by atoms with E-state index in [2.05, 4.69) is 4.72 Å². The van der Waals surface area contributed by atoms with Crippen LogP contribution in [0.25, 0.3) is 0 Å². The number of fused-ring (bicyclic) bond motifs is 1. The second kappa shape index (κ2) is 3.88. The summed E-state index contributed by atoms with van der Waals surface area (Å²) in [4.78, 5) is 0. The molecule has 3 N–H and O–H groups in total. The summed E-state index contributed by atoms with van der Waals surface area (Å²) in [5.74, 6) is -0.0862. The highest BCUT2D eigenvalue weighted by Crippen LogP contribution is 2.35. The van der Waals surface area contributed by atoms with Gasteiger partial charge in [-0.1, -0.05) is 6.07 Å². The Morgan fingerprint density at radius 2 is 2.36 bits per heavy atom. The molecule has 0 aliphatic heterocycles. The van der Waals surface area contributed by atoms with Crippen molar-refractivity contribution in [2.24, 2.45) is 5.14 Å². The minimum Gasteiger partial charge on any atom is -0.264 e. The van der Waals surface area contributed by atoms with Crippen molar-refractivity contribution in [2.75, 3.05) is 0 Å². The first kappa shape index (κ1) is 9.96. The van der Waals surface area contributed by atoms with Crippen LogP contribution >= 0.6 is 12.1 Å². The van der Waals surface area contributed by atoms with E-state index in [1.165, 1.54) is 0 Å². The third kappa shape index (κ3) is 1.54. The van der Waals surface area contributed by atoms with E-state index in [1.807, 2.05) is 13.0 Å². The Morgan fingerprint density at radius 1 is 1.57 bits per heavy atom. The average molecular weight is 212 g/mol. The normalized spacial score (nSPS) is 19.8. The Hall–Kier alpha value is -0.580. The lowest BCUT2D eigenvalue weighted by Crippen LogP contribution is -2.14. The smallest absolute Gasteiger partial charge is 0.126 e. The van der Waals surface area contributed by atoms with Gasteiger partial charge in [-0.2, -0.15) is 0 Å². The molecule has 4 heteroatoms. The molecule has 0 amide bonds. The molecule has 0 spiro atoms. The Labute approximate surface area is 87.3 Å². The summed E-state index contributed by atoms with van der Waals surface area (Å²) in [6, 6.07) is 3.58. The molecule has 1 unspecified atom stereocenters.